The number of carbonyl (C=O) groups is 2. The van der Waals surface area contributed by atoms with E-state index in [4.69, 9.17) is 0 Å². The van der Waals surface area contributed by atoms with Crippen LogP contribution in [0.15, 0.2) is 29.8 Å². The number of nitrogens with one attached hydrogen (secondary N) is 2. The Morgan fingerprint density at radius 3 is 2.44 bits per heavy atom. The van der Waals surface area contributed by atoms with Gasteiger partial charge in [-0.2, -0.15) is 0 Å². The molecule has 2 amide bonds. The number of amides is 2. The summed E-state index contributed by atoms with van der Waals surface area (Å²) in [7, 11) is 0. The number of hydrogen-bond donors (Lipinski definition) is 4. The van der Waals surface area contributed by atoms with Gasteiger partial charge in [-0.3, -0.25) is 14.9 Å². The van der Waals surface area contributed by atoms with Crippen molar-refractivity contribution in [2.24, 2.45) is 11.3 Å². The number of benzene rings is 1. The predicted molar refractivity (Wildman–Crippen MR) is 142 cm³/mol. The van der Waals surface area contributed by atoms with Gasteiger partial charge in [0.15, 0.2) is 0 Å². The van der Waals surface area contributed by atoms with Crippen molar-refractivity contribution in [1.29, 1.82) is 0 Å². The van der Waals surface area contributed by atoms with Crippen molar-refractivity contribution < 1.29 is 19.8 Å². The van der Waals surface area contributed by atoms with Gasteiger partial charge >= 0.3 is 0 Å². The molecule has 0 aliphatic carbocycles. The lowest BCUT2D eigenvalue weighted by atomic mass is 9.85. The van der Waals surface area contributed by atoms with Gasteiger partial charge in [-0.05, 0) is 35.8 Å². The molecule has 0 bridgehead atoms. The Labute approximate surface area is 218 Å². The zero-order valence-corrected chi connectivity index (χ0v) is 22.9. The smallest absolute Gasteiger partial charge is 0.243 e. The van der Waals surface area contributed by atoms with E-state index in [1.807, 2.05) is 71.3 Å². The number of β-amino-alcohol motifs (C(OH)–C–C–N with tert-alkyl or cyclic N) is 1. The normalized spacial score (nSPS) is 20.0. The van der Waals surface area contributed by atoms with Crippen LogP contribution in [-0.4, -0.2) is 62.9 Å². The third-order valence-electron chi connectivity index (χ3n) is 6.46. The second-order valence-corrected chi connectivity index (χ2v) is 12.0. The zero-order valence-electron chi connectivity index (χ0n) is 22.1. The summed E-state index contributed by atoms with van der Waals surface area (Å²) in [5.41, 5.74) is 4.34. The van der Waals surface area contributed by atoms with Crippen LogP contribution in [0.5, 0.6) is 0 Å². The van der Waals surface area contributed by atoms with Crippen LogP contribution in [0.1, 0.15) is 58.7 Å². The van der Waals surface area contributed by atoms with Crippen molar-refractivity contribution in [3.63, 3.8) is 0 Å². The largest absolute Gasteiger partial charge is 0.391 e. The fraction of sp³-hybridized carbons (Fsp3) is 0.593. The first-order chi connectivity index (χ1) is 16.9. The predicted octanol–water partition coefficient (Wildman–Crippen LogP) is 3.07. The molecule has 0 spiro atoms. The molecule has 2 heterocycles. The van der Waals surface area contributed by atoms with Crippen molar-refractivity contribution >= 4 is 23.2 Å². The molecule has 1 aromatic carbocycles. The topological polar surface area (TPSA) is 115 Å². The van der Waals surface area contributed by atoms with Crippen LogP contribution in [0.4, 0.5) is 0 Å². The van der Waals surface area contributed by atoms with Crippen molar-refractivity contribution in [1.82, 2.24) is 20.5 Å². The zero-order chi connectivity index (χ0) is 26.6. The molecule has 1 aliphatic heterocycles. The lowest BCUT2D eigenvalue weighted by Gasteiger charge is -2.37. The molecule has 1 saturated heterocycles. The van der Waals surface area contributed by atoms with Gasteiger partial charge in [0.1, 0.15) is 12.3 Å². The SMILES string of the molecule is Cc1ncsc1-c1ccc(CNC(=O)[C@@H]2C[C@@H](O)CN2C(=O)[C@@H](NC(O)CC(C)C)C(C)(C)C)cc1. The summed E-state index contributed by atoms with van der Waals surface area (Å²) in [5.74, 6) is -0.320. The lowest BCUT2D eigenvalue weighted by Crippen LogP contribution is -2.58. The van der Waals surface area contributed by atoms with Crippen LogP contribution in [0.3, 0.4) is 0 Å². The Morgan fingerprint density at radius 1 is 1.22 bits per heavy atom. The van der Waals surface area contributed by atoms with Gasteiger partial charge in [0.2, 0.25) is 11.8 Å². The van der Waals surface area contributed by atoms with Gasteiger partial charge in [0, 0.05) is 19.5 Å². The quantitative estimate of drug-likeness (QED) is 0.381. The number of nitrogens with zero attached hydrogens (tertiary/aromatic N) is 2. The van der Waals surface area contributed by atoms with Gasteiger partial charge in [-0.1, -0.05) is 58.9 Å². The molecule has 8 nitrogen and oxygen atoms in total. The molecule has 1 unspecified atom stereocenters. The molecule has 2 aromatic rings. The van der Waals surface area contributed by atoms with Gasteiger partial charge in [0.25, 0.3) is 0 Å². The Morgan fingerprint density at radius 2 is 1.89 bits per heavy atom. The van der Waals surface area contributed by atoms with Crippen LogP contribution < -0.4 is 10.6 Å². The number of likely N-dealkylation sites (tertiary alicyclic amines) is 1. The highest BCUT2D eigenvalue weighted by atomic mass is 32.1. The minimum atomic E-state index is -0.838. The Kier molecular flexibility index (Phi) is 9.27. The number of aliphatic hydroxyl groups is 2. The summed E-state index contributed by atoms with van der Waals surface area (Å²) in [6.07, 6.45) is -0.914. The average Bonchev–Trinajstić information content (AvgIpc) is 3.40. The highest BCUT2D eigenvalue weighted by Crippen LogP contribution is 2.28. The standard InChI is InChI=1S/C27H40N4O4S/c1-16(2)11-22(33)30-24(27(4,5)6)26(35)31-14-20(32)12-21(31)25(34)28-13-18-7-9-19(10-8-18)23-17(3)29-15-36-23/h7-10,15-16,20-22,24,30,32-33H,11-14H2,1-6H3,(H,28,34)/t20-,21+,22?,24-/m1/s1. The van der Waals surface area contributed by atoms with Crippen molar-refractivity contribution in [2.45, 2.75) is 85.3 Å². The fourth-order valence-corrected chi connectivity index (χ4v) is 5.34. The molecule has 4 N–H and O–H groups in total. The Hall–Kier alpha value is -2.33. The molecule has 9 heteroatoms. The van der Waals surface area contributed by atoms with E-state index in [-0.39, 0.29) is 30.7 Å². The van der Waals surface area contributed by atoms with Crippen LogP contribution in [0.25, 0.3) is 10.4 Å². The first-order valence-corrected chi connectivity index (χ1v) is 13.4. The average molecular weight is 517 g/mol. The number of thiazole rings is 1. The van der Waals surface area contributed by atoms with E-state index < -0.39 is 29.8 Å². The molecular formula is C27H40N4O4S. The minimum absolute atomic E-state index is 0.0916. The molecule has 198 valence electrons. The third kappa shape index (κ3) is 7.12. The molecule has 3 rings (SSSR count). The number of aromatic nitrogens is 1. The van der Waals surface area contributed by atoms with Crippen LogP contribution >= 0.6 is 11.3 Å². The summed E-state index contributed by atoms with van der Waals surface area (Å²) < 4.78 is 0. The van der Waals surface area contributed by atoms with E-state index in [2.05, 4.69) is 15.6 Å². The summed E-state index contributed by atoms with van der Waals surface area (Å²) in [6, 6.07) is 6.50. The Bertz CT molecular complexity index is 1030. The van der Waals surface area contributed by atoms with Crippen LogP contribution in [0.2, 0.25) is 0 Å². The first-order valence-electron chi connectivity index (χ1n) is 12.6. The number of aryl methyl sites for hydroxylation is 1. The fourth-order valence-electron chi connectivity index (χ4n) is 4.53. The molecule has 36 heavy (non-hydrogen) atoms. The molecular weight excluding hydrogens is 476 g/mol. The monoisotopic (exact) mass is 516 g/mol. The maximum atomic E-state index is 13.6. The molecule has 1 aromatic heterocycles. The number of carbonyl (C=O) groups excluding carboxylic acids is 2. The molecule has 0 radical (unpaired) electrons. The van der Waals surface area contributed by atoms with E-state index in [9.17, 15) is 19.8 Å². The van der Waals surface area contributed by atoms with Gasteiger partial charge in [0.05, 0.1) is 28.2 Å². The highest BCUT2D eigenvalue weighted by molar-refractivity contribution is 7.13. The molecule has 0 saturated carbocycles. The first kappa shape index (κ1) is 28.2. The van der Waals surface area contributed by atoms with E-state index in [1.54, 1.807) is 11.3 Å². The second kappa shape index (κ2) is 11.8. The van der Waals surface area contributed by atoms with Gasteiger partial charge in [-0.25, -0.2) is 4.98 Å². The third-order valence-corrected chi connectivity index (χ3v) is 7.44. The molecule has 1 aliphatic rings. The number of rotatable bonds is 9. The lowest BCUT2D eigenvalue weighted by molar-refractivity contribution is -0.143. The summed E-state index contributed by atoms with van der Waals surface area (Å²) in [6.45, 7) is 12.2. The molecule has 1 fully saturated rings. The summed E-state index contributed by atoms with van der Waals surface area (Å²) in [4.78, 5) is 33.6. The minimum Gasteiger partial charge on any atom is -0.391 e. The maximum absolute atomic E-state index is 13.6. The summed E-state index contributed by atoms with van der Waals surface area (Å²) in [5, 5.41) is 26.8. The van der Waals surface area contributed by atoms with Crippen molar-refractivity contribution in [3.05, 3.63) is 41.0 Å². The van der Waals surface area contributed by atoms with E-state index in [1.165, 1.54) is 4.90 Å². The van der Waals surface area contributed by atoms with E-state index in [0.717, 1.165) is 21.7 Å². The van der Waals surface area contributed by atoms with Crippen molar-refractivity contribution in [3.8, 4) is 10.4 Å². The van der Waals surface area contributed by atoms with Crippen molar-refractivity contribution in [2.75, 3.05) is 6.54 Å². The van der Waals surface area contributed by atoms with Crippen LogP contribution in [0, 0.1) is 18.3 Å². The highest BCUT2D eigenvalue weighted by Gasteiger charge is 2.44. The van der Waals surface area contributed by atoms with E-state index >= 15 is 0 Å². The summed E-state index contributed by atoms with van der Waals surface area (Å²) >= 11 is 1.59. The van der Waals surface area contributed by atoms with E-state index in [0.29, 0.717) is 13.0 Å². The van der Waals surface area contributed by atoms with Gasteiger partial charge in [-0.15, -0.1) is 11.3 Å². The van der Waals surface area contributed by atoms with Gasteiger partial charge < -0.3 is 20.4 Å². The number of hydrogen-bond acceptors (Lipinski definition) is 7. The maximum Gasteiger partial charge on any atom is 0.243 e. The van der Waals surface area contributed by atoms with Crippen LogP contribution in [-0.2, 0) is 16.1 Å². The Balaban J connectivity index is 1.67. The molecule has 4 atom stereocenters. The number of aliphatic hydroxyl groups excluding tert-OH is 2. The second-order valence-electron chi connectivity index (χ2n) is 11.2.